The lowest BCUT2D eigenvalue weighted by Gasteiger charge is -2.12. The molecule has 6 nitrogen and oxygen atoms in total. The van der Waals surface area contributed by atoms with E-state index in [1.165, 1.54) is 14.2 Å². The van der Waals surface area contributed by atoms with Gasteiger partial charge < -0.3 is 19.3 Å². The van der Waals surface area contributed by atoms with E-state index >= 15 is 0 Å². The van der Waals surface area contributed by atoms with Gasteiger partial charge in [-0.05, 0) is 31.2 Å². The Hall–Kier alpha value is -2.99. The van der Waals surface area contributed by atoms with E-state index in [4.69, 9.17) is 25.8 Å². The third-order valence-corrected chi connectivity index (χ3v) is 4.19. The summed E-state index contributed by atoms with van der Waals surface area (Å²) in [7, 11) is 2.78. The van der Waals surface area contributed by atoms with Gasteiger partial charge in [-0.2, -0.15) is 0 Å². The number of hydrogen-bond donors (Lipinski definition) is 1. The standard InChI is InChI=1S/C21H22ClNO5/c1-14(23-2)19(21(25)26-3)20(24)15-7-6-8-16(13-15)27-11-12-28-18-10-5-4-9-17(18)22/h4-10,13,24H,11-12H2,1-3H3. The topological polar surface area (TPSA) is 77.4 Å². The Balaban J connectivity index is 2.09. The molecule has 0 saturated carbocycles. The summed E-state index contributed by atoms with van der Waals surface area (Å²) < 4.78 is 16.0. The van der Waals surface area contributed by atoms with Crippen molar-refractivity contribution in [1.82, 2.24) is 0 Å². The number of aliphatic imine (C=N–C) groups is 1. The van der Waals surface area contributed by atoms with Crippen molar-refractivity contribution in [2.45, 2.75) is 6.92 Å². The molecule has 0 heterocycles. The Morgan fingerprint density at radius 1 is 1.11 bits per heavy atom. The molecule has 0 atom stereocenters. The smallest absolute Gasteiger partial charge is 0.343 e. The van der Waals surface area contributed by atoms with Crippen LogP contribution < -0.4 is 9.47 Å². The summed E-state index contributed by atoms with van der Waals surface area (Å²) in [5.41, 5.74) is 0.779. The summed E-state index contributed by atoms with van der Waals surface area (Å²) in [6.45, 7) is 2.19. The molecule has 7 heteroatoms. The fraction of sp³-hybridized carbons (Fsp3) is 0.238. The van der Waals surface area contributed by atoms with Crippen molar-refractivity contribution in [3.63, 3.8) is 0 Å². The van der Waals surface area contributed by atoms with Gasteiger partial charge >= 0.3 is 5.97 Å². The molecular weight excluding hydrogens is 382 g/mol. The maximum atomic E-state index is 12.0. The molecule has 148 valence electrons. The largest absolute Gasteiger partial charge is 0.506 e. The Kier molecular flexibility index (Phi) is 7.89. The van der Waals surface area contributed by atoms with Gasteiger partial charge in [0.15, 0.2) is 0 Å². The first-order chi connectivity index (χ1) is 13.5. The predicted octanol–water partition coefficient (Wildman–Crippen LogP) is 4.33. The van der Waals surface area contributed by atoms with E-state index in [1.807, 2.05) is 12.1 Å². The Morgan fingerprint density at radius 3 is 2.50 bits per heavy atom. The highest BCUT2D eigenvalue weighted by Crippen LogP contribution is 2.24. The molecule has 0 bridgehead atoms. The van der Waals surface area contributed by atoms with Gasteiger partial charge in [-0.3, -0.25) is 4.99 Å². The number of hydrogen-bond acceptors (Lipinski definition) is 6. The number of esters is 1. The molecule has 0 fully saturated rings. The molecular formula is C21H22ClNO5. The van der Waals surface area contributed by atoms with E-state index < -0.39 is 5.97 Å². The first-order valence-corrected chi connectivity index (χ1v) is 8.91. The molecule has 2 aromatic rings. The lowest BCUT2D eigenvalue weighted by Crippen LogP contribution is -2.15. The maximum Gasteiger partial charge on any atom is 0.343 e. The van der Waals surface area contributed by atoms with Gasteiger partial charge in [0.2, 0.25) is 0 Å². The van der Waals surface area contributed by atoms with Gasteiger partial charge in [-0.15, -0.1) is 0 Å². The van der Waals surface area contributed by atoms with Crippen molar-refractivity contribution in [3.05, 3.63) is 64.7 Å². The fourth-order valence-electron chi connectivity index (χ4n) is 2.38. The Labute approximate surface area is 169 Å². The van der Waals surface area contributed by atoms with Crippen molar-refractivity contribution in [3.8, 4) is 11.5 Å². The van der Waals surface area contributed by atoms with Crippen LogP contribution in [0.5, 0.6) is 11.5 Å². The van der Waals surface area contributed by atoms with E-state index in [2.05, 4.69) is 4.99 Å². The second-order valence-corrected chi connectivity index (χ2v) is 6.09. The second-order valence-electron chi connectivity index (χ2n) is 5.68. The van der Waals surface area contributed by atoms with Crippen LogP contribution in [0.15, 0.2) is 59.1 Å². The van der Waals surface area contributed by atoms with Crippen molar-refractivity contribution < 1.29 is 24.1 Å². The molecule has 0 spiro atoms. The van der Waals surface area contributed by atoms with Crippen molar-refractivity contribution in [2.75, 3.05) is 27.4 Å². The molecule has 0 radical (unpaired) electrons. The molecule has 0 amide bonds. The van der Waals surface area contributed by atoms with Gasteiger partial charge in [0.25, 0.3) is 0 Å². The summed E-state index contributed by atoms with van der Waals surface area (Å²) >= 11 is 6.03. The first kappa shape index (κ1) is 21.3. The van der Waals surface area contributed by atoms with Gasteiger partial charge in [0, 0.05) is 18.3 Å². The number of halogens is 1. The zero-order valence-electron chi connectivity index (χ0n) is 15.9. The fourth-order valence-corrected chi connectivity index (χ4v) is 2.57. The van der Waals surface area contributed by atoms with Crippen LogP contribution in [0.25, 0.3) is 5.76 Å². The molecule has 0 aliphatic heterocycles. The van der Waals surface area contributed by atoms with Crippen LogP contribution in [0.2, 0.25) is 5.02 Å². The van der Waals surface area contributed by atoms with Crippen LogP contribution in [0.3, 0.4) is 0 Å². The number of methoxy groups -OCH3 is 1. The predicted molar refractivity (Wildman–Crippen MR) is 109 cm³/mol. The molecule has 1 N–H and O–H groups in total. The number of carbonyl (C=O) groups is 1. The summed E-state index contributed by atoms with van der Waals surface area (Å²) in [6.07, 6.45) is 0. The molecule has 0 unspecified atom stereocenters. The third-order valence-electron chi connectivity index (χ3n) is 3.88. The van der Waals surface area contributed by atoms with E-state index in [0.717, 1.165) is 0 Å². The van der Waals surface area contributed by atoms with Gasteiger partial charge in [0.05, 0.1) is 12.1 Å². The Bertz CT molecular complexity index is 892. The van der Waals surface area contributed by atoms with Gasteiger partial charge in [0.1, 0.15) is 36.0 Å². The van der Waals surface area contributed by atoms with E-state index in [9.17, 15) is 9.90 Å². The summed E-state index contributed by atoms with van der Waals surface area (Å²) in [4.78, 5) is 16.0. The highest BCUT2D eigenvalue weighted by molar-refractivity contribution is 6.32. The molecule has 28 heavy (non-hydrogen) atoms. The number of carbonyl (C=O) groups excluding carboxylic acids is 1. The Morgan fingerprint density at radius 2 is 1.82 bits per heavy atom. The van der Waals surface area contributed by atoms with Crippen LogP contribution in [0.1, 0.15) is 12.5 Å². The van der Waals surface area contributed by atoms with Crippen LogP contribution in [-0.2, 0) is 9.53 Å². The van der Waals surface area contributed by atoms with Crippen molar-refractivity contribution in [2.24, 2.45) is 4.99 Å². The lowest BCUT2D eigenvalue weighted by atomic mass is 10.0. The summed E-state index contributed by atoms with van der Waals surface area (Å²) in [6, 6.07) is 13.9. The van der Waals surface area contributed by atoms with Crippen molar-refractivity contribution in [1.29, 1.82) is 0 Å². The molecule has 2 rings (SSSR count). The van der Waals surface area contributed by atoms with E-state index in [-0.39, 0.29) is 17.9 Å². The normalized spacial score (nSPS) is 12.2. The van der Waals surface area contributed by atoms with Crippen LogP contribution in [0.4, 0.5) is 0 Å². The van der Waals surface area contributed by atoms with Crippen LogP contribution in [0, 0.1) is 0 Å². The summed E-state index contributed by atoms with van der Waals surface area (Å²) in [5.74, 6) is 0.203. The molecule has 0 aliphatic rings. The zero-order valence-corrected chi connectivity index (χ0v) is 16.7. The highest BCUT2D eigenvalue weighted by atomic mass is 35.5. The monoisotopic (exact) mass is 403 g/mol. The minimum absolute atomic E-state index is 0.00389. The minimum Gasteiger partial charge on any atom is -0.506 e. The first-order valence-electron chi connectivity index (χ1n) is 8.53. The number of para-hydroxylation sites is 1. The lowest BCUT2D eigenvalue weighted by molar-refractivity contribution is -0.135. The van der Waals surface area contributed by atoms with E-state index in [1.54, 1.807) is 43.3 Å². The quantitative estimate of drug-likeness (QED) is 0.233. The number of aliphatic hydroxyl groups is 1. The average molecular weight is 404 g/mol. The number of benzene rings is 2. The minimum atomic E-state index is -0.667. The number of rotatable bonds is 8. The van der Waals surface area contributed by atoms with Crippen LogP contribution >= 0.6 is 11.6 Å². The van der Waals surface area contributed by atoms with Crippen molar-refractivity contribution >= 4 is 29.0 Å². The van der Waals surface area contributed by atoms with Gasteiger partial charge in [-0.1, -0.05) is 35.9 Å². The maximum absolute atomic E-state index is 12.0. The molecule has 2 aromatic carbocycles. The number of aliphatic hydroxyl groups excluding tert-OH is 1. The SMILES string of the molecule is CN=C(C)C(C(=O)OC)=C(O)c1cccc(OCCOc2ccccc2Cl)c1. The molecule has 0 saturated heterocycles. The number of nitrogens with zero attached hydrogens (tertiary/aromatic N) is 1. The zero-order chi connectivity index (χ0) is 20.5. The average Bonchev–Trinajstić information content (AvgIpc) is 2.72. The molecule has 0 aliphatic carbocycles. The summed E-state index contributed by atoms with van der Waals surface area (Å²) in [5, 5.41) is 11.1. The highest BCUT2D eigenvalue weighted by Gasteiger charge is 2.20. The third kappa shape index (κ3) is 5.50. The van der Waals surface area contributed by atoms with Gasteiger partial charge in [-0.25, -0.2) is 4.79 Å². The number of ether oxygens (including phenoxy) is 3. The second kappa shape index (κ2) is 10.4. The van der Waals surface area contributed by atoms with E-state index in [0.29, 0.717) is 34.4 Å². The molecule has 0 aromatic heterocycles. The van der Waals surface area contributed by atoms with Crippen LogP contribution in [-0.4, -0.2) is 44.2 Å².